The van der Waals surface area contributed by atoms with Crippen molar-refractivity contribution < 1.29 is 0 Å². The maximum absolute atomic E-state index is 10.8. The average Bonchev–Trinajstić information content (AvgIpc) is 1.84. The number of hydrogen-bond acceptors (Lipinski definition) is 2. The number of hydrogen-bond donors (Lipinski definition) is 0. The van der Waals surface area contributed by atoms with E-state index >= 15 is 0 Å². The molecule has 0 radical (unpaired) electrons. The van der Waals surface area contributed by atoms with Crippen LogP contribution in [0.25, 0.3) is 0 Å². The predicted molar refractivity (Wildman–Crippen MR) is 46.0 cm³/mol. The zero-order valence-electron chi connectivity index (χ0n) is 5.76. The average molecular weight is 175 g/mol. The molecule has 62 valence electrons. The topological polar surface area (TPSA) is 34.9 Å². The van der Waals surface area contributed by atoms with Crippen molar-refractivity contribution in [3.63, 3.8) is 0 Å². The minimum atomic E-state index is -0.185. The molecule has 3 nitrogen and oxygen atoms in total. The van der Waals surface area contributed by atoms with Crippen molar-refractivity contribution in [2.45, 2.75) is 14.4 Å². The van der Waals surface area contributed by atoms with Gasteiger partial charge in [0.1, 0.15) is 0 Å². The first-order chi connectivity index (χ1) is 4.61. The van der Waals surface area contributed by atoms with Gasteiger partial charge in [-0.25, -0.2) is 4.68 Å². The van der Waals surface area contributed by atoms with E-state index in [1.165, 1.54) is 10.7 Å². The van der Waals surface area contributed by atoms with E-state index in [9.17, 15) is 4.79 Å². The van der Waals surface area contributed by atoms with Crippen LogP contribution in [0.4, 0.5) is 0 Å². The summed E-state index contributed by atoms with van der Waals surface area (Å²) in [5.74, 6) is 0. The quantitative estimate of drug-likeness (QED) is 0.596. The molecular formula is C7H11ClN2O. The maximum Gasteiger partial charge on any atom is 0.267 e. The molecule has 0 saturated carbocycles. The van der Waals surface area contributed by atoms with Crippen LogP contribution in [-0.2, 0) is 7.05 Å². The number of halogens is 1. The molecule has 1 heterocycles. The van der Waals surface area contributed by atoms with Crippen LogP contribution >= 0.6 is 11.6 Å². The highest BCUT2D eigenvalue weighted by atomic mass is 35.5. The second-order valence-corrected chi connectivity index (χ2v) is 2.45. The maximum atomic E-state index is 10.8. The zero-order chi connectivity index (χ0) is 7.72. The molecule has 1 aromatic rings. The Hall–Kier alpha value is -0.830. The van der Waals surface area contributed by atoms with Crippen molar-refractivity contribution in [1.29, 1.82) is 0 Å². The van der Waals surface area contributed by atoms with Gasteiger partial charge in [-0.2, -0.15) is 5.10 Å². The monoisotopic (exact) mass is 174 g/mol. The SMILES string of the molecule is C.Cc1nn(C)c(=O)cc1Cl. The molecule has 1 aromatic heterocycles. The first-order valence-electron chi connectivity index (χ1n) is 2.81. The molecule has 0 aliphatic rings. The van der Waals surface area contributed by atoms with Crippen LogP contribution in [0.2, 0.25) is 5.02 Å². The molecule has 0 saturated heterocycles. The molecule has 0 aliphatic heterocycles. The summed E-state index contributed by atoms with van der Waals surface area (Å²) in [5, 5.41) is 4.26. The van der Waals surface area contributed by atoms with E-state index < -0.39 is 0 Å². The van der Waals surface area contributed by atoms with Gasteiger partial charge in [0, 0.05) is 13.1 Å². The Bertz CT molecular complexity index is 306. The van der Waals surface area contributed by atoms with Gasteiger partial charge in [-0.05, 0) is 6.92 Å². The van der Waals surface area contributed by atoms with Gasteiger partial charge in [-0.15, -0.1) is 0 Å². The Balaban J connectivity index is 0.000001000. The zero-order valence-corrected chi connectivity index (χ0v) is 6.51. The van der Waals surface area contributed by atoms with E-state index in [1.54, 1.807) is 14.0 Å². The predicted octanol–water partition coefficient (Wildman–Crippen LogP) is 1.38. The second kappa shape index (κ2) is 3.53. The summed E-state index contributed by atoms with van der Waals surface area (Å²) >= 11 is 5.61. The Morgan fingerprint density at radius 2 is 2.18 bits per heavy atom. The summed E-state index contributed by atoms with van der Waals surface area (Å²) in [6.07, 6.45) is 0. The van der Waals surface area contributed by atoms with Crippen LogP contribution in [0.3, 0.4) is 0 Å². The number of nitrogens with zero attached hydrogens (tertiary/aromatic N) is 2. The van der Waals surface area contributed by atoms with Crippen molar-refractivity contribution in [3.05, 3.63) is 27.1 Å². The van der Waals surface area contributed by atoms with Gasteiger partial charge >= 0.3 is 0 Å². The van der Waals surface area contributed by atoms with Gasteiger partial charge in [0.05, 0.1) is 10.7 Å². The highest BCUT2D eigenvalue weighted by Crippen LogP contribution is 2.06. The van der Waals surface area contributed by atoms with E-state index in [0.717, 1.165) is 0 Å². The van der Waals surface area contributed by atoms with E-state index in [2.05, 4.69) is 5.10 Å². The van der Waals surface area contributed by atoms with Crippen LogP contribution in [0.1, 0.15) is 13.1 Å². The summed E-state index contributed by atoms with van der Waals surface area (Å²) < 4.78 is 1.25. The minimum Gasteiger partial charge on any atom is -0.268 e. The lowest BCUT2D eigenvalue weighted by atomic mass is 10.4. The van der Waals surface area contributed by atoms with Crippen LogP contribution in [0, 0.1) is 6.92 Å². The van der Waals surface area contributed by atoms with Gasteiger partial charge in [0.15, 0.2) is 0 Å². The highest BCUT2D eigenvalue weighted by molar-refractivity contribution is 6.31. The lowest BCUT2D eigenvalue weighted by Gasteiger charge is -1.97. The van der Waals surface area contributed by atoms with Crippen LogP contribution in [0.15, 0.2) is 10.9 Å². The van der Waals surface area contributed by atoms with Crippen LogP contribution in [-0.4, -0.2) is 9.78 Å². The van der Waals surface area contributed by atoms with Gasteiger partial charge in [0.2, 0.25) is 0 Å². The normalized spacial score (nSPS) is 9.00. The Morgan fingerprint density at radius 1 is 1.64 bits per heavy atom. The third-order valence-electron chi connectivity index (χ3n) is 1.21. The third-order valence-corrected chi connectivity index (χ3v) is 1.60. The van der Waals surface area contributed by atoms with Crippen LogP contribution < -0.4 is 5.56 Å². The van der Waals surface area contributed by atoms with Gasteiger partial charge < -0.3 is 0 Å². The second-order valence-electron chi connectivity index (χ2n) is 2.04. The molecule has 0 bridgehead atoms. The highest BCUT2D eigenvalue weighted by Gasteiger charge is 1.97. The molecule has 4 heteroatoms. The fourth-order valence-corrected chi connectivity index (χ4v) is 0.759. The minimum absolute atomic E-state index is 0. The molecular weight excluding hydrogens is 164 g/mol. The van der Waals surface area contributed by atoms with Crippen molar-refractivity contribution in [3.8, 4) is 0 Å². The smallest absolute Gasteiger partial charge is 0.267 e. The fraction of sp³-hybridized carbons (Fsp3) is 0.429. The number of rotatable bonds is 0. The molecule has 0 spiro atoms. The third kappa shape index (κ3) is 2.05. The Kier molecular flexibility index (Phi) is 3.26. The molecule has 0 unspecified atom stereocenters. The molecule has 11 heavy (non-hydrogen) atoms. The number of aromatic nitrogens is 2. The Morgan fingerprint density at radius 3 is 2.64 bits per heavy atom. The lowest BCUT2D eigenvalue weighted by molar-refractivity contribution is 0.693. The molecule has 0 fully saturated rings. The van der Waals surface area contributed by atoms with Crippen molar-refractivity contribution in [2.24, 2.45) is 7.05 Å². The van der Waals surface area contributed by atoms with Crippen molar-refractivity contribution >= 4 is 11.6 Å². The standard InChI is InChI=1S/C6H7ClN2O.CH4/c1-4-5(7)3-6(10)9(2)8-4;/h3H,1-2H3;1H4. The molecule has 0 amide bonds. The molecule has 0 aliphatic carbocycles. The van der Waals surface area contributed by atoms with Gasteiger partial charge in [-0.3, -0.25) is 4.79 Å². The Labute approximate surface area is 70.6 Å². The first kappa shape index (κ1) is 10.2. The van der Waals surface area contributed by atoms with Gasteiger partial charge in [-0.1, -0.05) is 19.0 Å². The molecule has 0 aromatic carbocycles. The summed E-state index contributed by atoms with van der Waals surface area (Å²) in [7, 11) is 1.59. The van der Waals surface area contributed by atoms with E-state index in [0.29, 0.717) is 10.7 Å². The van der Waals surface area contributed by atoms with E-state index in [1.807, 2.05) is 0 Å². The molecule has 1 rings (SSSR count). The largest absolute Gasteiger partial charge is 0.268 e. The van der Waals surface area contributed by atoms with Crippen LogP contribution in [0.5, 0.6) is 0 Å². The summed E-state index contributed by atoms with van der Waals surface area (Å²) in [6, 6.07) is 1.35. The summed E-state index contributed by atoms with van der Waals surface area (Å²) in [5.41, 5.74) is 0.486. The molecule has 0 atom stereocenters. The molecule has 0 N–H and O–H groups in total. The number of aryl methyl sites for hydroxylation is 2. The van der Waals surface area contributed by atoms with Crippen molar-refractivity contribution in [2.75, 3.05) is 0 Å². The van der Waals surface area contributed by atoms with E-state index in [-0.39, 0.29) is 13.0 Å². The first-order valence-corrected chi connectivity index (χ1v) is 3.19. The summed E-state index contributed by atoms with van der Waals surface area (Å²) in [4.78, 5) is 10.8. The fourth-order valence-electron chi connectivity index (χ4n) is 0.628. The summed E-state index contributed by atoms with van der Waals surface area (Å²) in [6.45, 7) is 1.75. The van der Waals surface area contributed by atoms with E-state index in [4.69, 9.17) is 11.6 Å². The van der Waals surface area contributed by atoms with Crippen molar-refractivity contribution in [1.82, 2.24) is 9.78 Å². The lowest BCUT2D eigenvalue weighted by Crippen LogP contribution is -2.18. The van der Waals surface area contributed by atoms with Gasteiger partial charge in [0.25, 0.3) is 5.56 Å².